The lowest BCUT2D eigenvalue weighted by Gasteiger charge is -2.14. The zero-order valence-corrected chi connectivity index (χ0v) is 13.7. The number of quaternary nitrogens is 1. The van der Waals surface area contributed by atoms with Crippen molar-refractivity contribution in [1.29, 1.82) is 0 Å². The molecule has 0 spiro atoms. The highest BCUT2D eigenvalue weighted by Crippen LogP contribution is 2.19. The third-order valence-electron chi connectivity index (χ3n) is 3.40. The first-order chi connectivity index (χ1) is 10.1. The Morgan fingerprint density at radius 1 is 1.29 bits per heavy atom. The number of amides is 1. The summed E-state index contributed by atoms with van der Waals surface area (Å²) in [5.74, 6) is 0.0369. The summed E-state index contributed by atoms with van der Waals surface area (Å²) in [4.78, 5) is 13.2. The van der Waals surface area contributed by atoms with E-state index in [0.29, 0.717) is 6.54 Å². The van der Waals surface area contributed by atoms with Gasteiger partial charge in [0.15, 0.2) is 6.54 Å². The van der Waals surface area contributed by atoms with Crippen LogP contribution in [-0.4, -0.2) is 12.5 Å². The summed E-state index contributed by atoms with van der Waals surface area (Å²) in [5.41, 5.74) is 1.05. The Kier molecular flexibility index (Phi) is 5.79. The van der Waals surface area contributed by atoms with Gasteiger partial charge >= 0.3 is 0 Å². The van der Waals surface area contributed by atoms with Gasteiger partial charge < -0.3 is 10.6 Å². The van der Waals surface area contributed by atoms with Crippen molar-refractivity contribution in [2.45, 2.75) is 25.9 Å². The van der Waals surface area contributed by atoms with Crippen molar-refractivity contribution in [3.63, 3.8) is 0 Å². The Bertz CT molecular complexity index is 586. The van der Waals surface area contributed by atoms with Gasteiger partial charge in [-0.3, -0.25) is 4.79 Å². The van der Waals surface area contributed by atoms with Crippen molar-refractivity contribution < 1.29 is 10.1 Å². The van der Waals surface area contributed by atoms with E-state index in [9.17, 15) is 4.79 Å². The molecule has 112 valence electrons. The van der Waals surface area contributed by atoms with Crippen LogP contribution in [0.3, 0.4) is 0 Å². The van der Waals surface area contributed by atoms with E-state index in [1.165, 1.54) is 4.88 Å². The van der Waals surface area contributed by atoms with Gasteiger partial charge in [-0.05, 0) is 31.4 Å². The molecule has 0 aliphatic heterocycles. The monoisotopic (exact) mass is 323 g/mol. The van der Waals surface area contributed by atoms with Crippen LogP contribution < -0.4 is 10.6 Å². The van der Waals surface area contributed by atoms with E-state index in [-0.39, 0.29) is 18.0 Å². The molecule has 1 amide bonds. The molecule has 0 unspecified atom stereocenters. The van der Waals surface area contributed by atoms with Crippen LogP contribution in [0.5, 0.6) is 0 Å². The molecule has 0 fully saturated rings. The molecule has 0 radical (unpaired) electrons. The Labute approximate surface area is 134 Å². The minimum atomic E-state index is 0.0369. The van der Waals surface area contributed by atoms with Gasteiger partial charge in [0.2, 0.25) is 0 Å². The van der Waals surface area contributed by atoms with Crippen molar-refractivity contribution in [3.8, 4) is 0 Å². The van der Waals surface area contributed by atoms with Crippen LogP contribution in [0.15, 0.2) is 41.8 Å². The molecular weight excluding hydrogens is 304 g/mol. The maximum atomic E-state index is 12.0. The number of halogens is 1. The molecule has 1 aromatic heterocycles. The fourth-order valence-corrected chi connectivity index (χ4v) is 3.21. The lowest BCUT2D eigenvalue weighted by molar-refractivity contribution is -0.682. The molecule has 3 nitrogen and oxygen atoms in total. The van der Waals surface area contributed by atoms with E-state index in [1.807, 2.05) is 54.0 Å². The fourth-order valence-electron chi connectivity index (χ4n) is 2.16. The number of carbonyl (C=O) groups is 1. The number of rotatable bonds is 6. The first kappa shape index (κ1) is 16.0. The smallest absolute Gasteiger partial charge is 0.275 e. The molecule has 2 aromatic rings. The molecular formula is C16H20ClN2OS+. The van der Waals surface area contributed by atoms with Gasteiger partial charge in [0.25, 0.3) is 5.91 Å². The minimum Gasteiger partial charge on any atom is -0.344 e. The number of hydrogen-bond donors (Lipinski definition) is 2. The first-order valence-electron chi connectivity index (χ1n) is 6.98. The average molecular weight is 324 g/mol. The average Bonchev–Trinajstić information content (AvgIpc) is 2.99. The molecule has 0 saturated heterocycles. The highest BCUT2D eigenvalue weighted by atomic mass is 35.5. The zero-order valence-electron chi connectivity index (χ0n) is 12.2. The summed E-state index contributed by atoms with van der Waals surface area (Å²) in [6, 6.07) is 12.0. The summed E-state index contributed by atoms with van der Waals surface area (Å²) in [5, 5.41) is 7.77. The largest absolute Gasteiger partial charge is 0.344 e. The van der Waals surface area contributed by atoms with Gasteiger partial charge in [-0.15, -0.1) is 11.3 Å². The minimum absolute atomic E-state index is 0.0369. The fraction of sp³-hybridized carbons (Fsp3) is 0.312. The molecule has 0 bridgehead atoms. The molecule has 0 aliphatic carbocycles. The molecule has 0 saturated carbocycles. The third kappa shape index (κ3) is 4.56. The number of carbonyl (C=O) groups excluding carboxylic acids is 1. The van der Waals surface area contributed by atoms with Crippen molar-refractivity contribution in [2.75, 3.05) is 6.54 Å². The predicted molar refractivity (Wildman–Crippen MR) is 87.5 cm³/mol. The van der Waals surface area contributed by atoms with Gasteiger partial charge in [-0.1, -0.05) is 35.9 Å². The second-order valence-corrected chi connectivity index (χ2v) is 6.44. The highest BCUT2D eigenvalue weighted by Gasteiger charge is 2.16. The molecule has 1 aromatic carbocycles. The summed E-state index contributed by atoms with van der Waals surface area (Å²) in [6.07, 6.45) is 0. The van der Waals surface area contributed by atoms with Crippen molar-refractivity contribution in [1.82, 2.24) is 5.32 Å². The van der Waals surface area contributed by atoms with Gasteiger partial charge in [0, 0.05) is 15.5 Å². The molecule has 2 atom stereocenters. The van der Waals surface area contributed by atoms with Crippen LogP contribution >= 0.6 is 22.9 Å². The molecule has 21 heavy (non-hydrogen) atoms. The lowest BCUT2D eigenvalue weighted by Crippen LogP contribution is -2.87. The number of nitrogens with two attached hydrogens (primary N) is 1. The highest BCUT2D eigenvalue weighted by molar-refractivity contribution is 7.10. The standard InChI is InChI=1S/C16H19ClN2OS/c1-11(13-6-3-4-7-14(13)17)18-10-16(20)19-12(2)15-8-5-9-21-15/h3-9,11-12,18H,10H2,1-2H3,(H,19,20)/p+1/t11-,12-/m1/s1. The second kappa shape index (κ2) is 7.59. The van der Waals surface area contributed by atoms with Crippen LogP contribution in [0, 0.1) is 0 Å². The first-order valence-corrected chi connectivity index (χ1v) is 8.24. The van der Waals surface area contributed by atoms with E-state index < -0.39 is 0 Å². The zero-order chi connectivity index (χ0) is 15.2. The number of benzene rings is 1. The van der Waals surface area contributed by atoms with E-state index in [0.717, 1.165) is 10.6 Å². The Balaban J connectivity index is 1.83. The molecule has 1 heterocycles. The van der Waals surface area contributed by atoms with Gasteiger partial charge in [-0.2, -0.15) is 0 Å². The maximum absolute atomic E-state index is 12.0. The lowest BCUT2D eigenvalue weighted by atomic mass is 10.1. The van der Waals surface area contributed by atoms with E-state index in [2.05, 4.69) is 12.2 Å². The van der Waals surface area contributed by atoms with Crippen LogP contribution in [0.4, 0.5) is 0 Å². The normalized spacial score (nSPS) is 13.7. The topological polar surface area (TPSA) is 45.7 Å². The maximum Gasteiger partial charge on any atom is 0.275 e. The summed E-state index contributed by atoms with van der Waals surface area (Å²) >= 11 is 7.82. The van der Waals surface area contributed by atoms with Gasteiger partial charge in [0.1, 0.15) is 6.04 Å². The van der Waals surface area contributed by atoms with Crippen LogP contribution in [-0.2, 0) is 4.79 Å². The third-order valence-corrected chi connectivity index (χ3v) is 4.80. The van der Waals surface area contributed by atoms with E-state index in [4.69, 9.17) is 11.6 Å². The van der Waals surface area contributed by atoms with Crippen molar-refractivity contribution in [3.05, 3.63) is 57.2 Å². The van der Waals surface area contributed by atoms with Crippen LogP contribution in [0.1, 0.15) is 36.4 Å². The quantitative estimate of drug-likeness (QED) is 0.843. The summed E-state index contributed by atoms with van der Waals surface area (Å²) in [7, 11) is 0. The molecule has 0 aliphatic rings. The molecule has 3 N–H and O–H groups in total. The summed E-state index contributed by atoms with van der Waals surface area (Å²) in [6.45, 7) is 4.44. The van der Waals surface area contributed by atoms with E-state index in [1.54, 1.807) is 11.3 Å². The SMILES string of the molecule is C[C@@H](NC(=O)C[NH2+][C@H](C)c1ccccc1Cl)c1cccs1. The predicted octanol–water partition coefficient (Wildman–Crippen LogP) is 2.90. The van der Waals surface area contributed by atoms with Gasteiger partial charge in [-0.25, -0.2) is 0 Å². The van der Waals surface area contributed by atoms with Crippen LogP contribution in [0.2, 0.25) is 5.02 Å². The Morgan fingerprint density at radius 2 is 2.05 bits per heavy atom. The second-order valence-electron chi connectivity index (χ2n) is 5.05. The Hall–Kier alpha value is -1.36. The number of nitrogens with one attached hydrogen (secondary N) is 1. The van der Waals surface area contributed by atoms with Gasteiger partial charge in [0.05, 0.1) is 6.04 Å². The van der Waals surface area contributed by atoms with Crippen LogP contribution in [0.25, 0.3) is 0 Å². The van der Waals surface area contributed by atoms with Crippen molar-refractivity contribution >= 4 is 28.8 Å². The molecule has 2 rings (SSSR count). The van der Waals surface area contributed by atoms with Crippen molar-refractivity contribution in [2.24, 2.45) is 0 Å². The summed E-state index contributed by atoms with van der Waals surface area (Å²) < 4.78 is 0. The molecule has 5 heteroatoms. The van der Waals surface area contributed by atoms with E-state index >= 15 is 0 Å². The number of thiophene rings is 1. The number of hydrogen-bond acceptors (Lipinski definition) is 2. The Morgan fingerprint density at radius 3 is 2.71 bits per heavy atom.